The summed E-state index contributed by atoms with van der Waals surface area (Å²) in [6, 6.07) is 9.87. The lowest BCUT2D eigenvalue weighted by Gasteiger charge is -2.11. The maximum atomic E-state index is 12.6. The number of hydrogen-bond acceptors (Lipinski definition) is 4. The molecule has 0 spiro atoms. The molecular formula is C16H13F3O4S2. The molecule has 1 N–H and O–H groups in total. The number of benzene rings is 2. The molecule has 0 saturated carbocycles. The number of hydrogen-bond donors (Lipinski definition) is 1. The molecule has 0 bridgehead atoms. The van der Waals surface area contributed by atoms with Crippen LogP contribution in [0.5, 0.6) is 0 Å². The van der Waals surface area contributed by atoms with Gasteiger partial charge in [-0.3, -0.25) is 0 Å². The van der Waals surface area contributed by atoms with Gasteiger partial charge in [0, 0.05) is 10.6 Å². The minimum absolute atomic E-state index is 0.190. The molecule has 0 amide bonds. The molecule has 0 unspecified atom stereocenters. The number of aromatic carboxylic acids is 1. The van der Waals surface area contributed by atoms with Gasteiger partial charge in [-0.25, -0.2) is 13.2 Å². The van der Waals surface area contributed by atoms with E-state index in [0.29, 0.717) is 11.8 Å². The number of aryl methyl sites for hydroxylation is 1. The minimum atomic E-state index is -5.59. The van der Waals surface area contributed by atoms with Crippen LogP contribution < -0.4 is 0 Å². The van der Waals surface area contributed by atoms with Crippen LogP contribution in [0.25, 0.3) is 0 Å². The number of halogens is 3. The van der Waals surface area contributed by atoms with E-state index < -0.39 is 31.8 Å². The van der Waals surface area contributed by atoms with Gasteiger partial charge in [0.05, 0.1) is 10.5 Å². The number of rotatable bonds is 5. The number of carboxylic acids is 1. The van der Waals surface area contributed by atoms with Crippen LogP contribution in [0.4, 0.5) is 13.2 Å². The summed E-state index contributed by atoms with van der Waals surface area (Å²) in [5.41, 5.74) is -4.04. The summed E-state index contributed by atoms with van der Waals surface area (Å²) in [6.45, 7) is 1.90. The highest BCUT2D eigenvalue weighted by molar-refractivity contribution is 7.98. The molecule has 25 heavy (non-hydrogen) atoms. The summed E-state index contributed by atoms with van der Waals surface area (Å²) >= 11 is 1.11. The first-order valence-electron chi connectivity index (χ1n) is 6.89. The van der Waals surface area contributed by atoms with Crippen LogP contribution in [-0.2, 0) is 15.6 Å². The Morgan fingerprint density at radius 3 is 2.40 bits per heavy atom. The lowest BCUT2D eigenvalue weighted by molar-refractivity contribution is -0.0436. The number of carboxylic acid groups (broad SMARTS) is 1. The third-order valence-corrected chi connectivity index (χ3v) is 5.90. The zero-order chi connectivity index (χ0) is 18.8. The lowest BCUT2D eigenvalue weighted by Crippen LogP contribution is -2.23. The molecule has 0 saturated heterocycles. The second-order valence-corrected chi connectivity index (χ2v) is 8.15. The molecule has 0 fully saturated rings. The van der Waals surface area contributed by atoms with E-state index in [2.05, 4.69) is 0 Å². The fourth-order valence-electron chi connectivity index (χ4n) is 2.07. The van der Waals surface area contributed by atoms with Crippen LogP contribution in [-0.4, -0.2) is 25.0 Å². The van der Waals surface area contributed by atoms with Crippen LogP contribution in [0, 0.1) is 6.92 Å². The van der Waals surface area contributed by atoms with Crippen LogP contribution >= 0.6 is 11.8 Å². The van der Waals surface area contributed by atoms with E-state index in [0.717, 1.165) is 35.0 Å². The normalized spacial score (nSPS) is 12.2. The average molecular weight is 390 g/mol. The first kappa shape index (κ1) is 19.3. The Bertz CT molecular complexity index is 906. The molecule has 0 atom stereocenters. The summed E-state index contributed by atoms with van der Waals surface area (Å²) in [7, 11) is -5.59. The van der Waals surface area contributed by atoms with Gasteiger partial charge in [0.1, 0.15) is 0 Å². The van der Waals surface area contributed by atoms with Gasteiger partial charge in [-0.15, -0.1) is 11.8 Å². The van der Waals surface area contributed by atoms with Crippen LogP contribution in [0.2, 0.25) is 0 Å². The van der Waals surface area contributed by atoms with Crippen molar-refractivity contribution in [2.24, 2.45) is 0 Å². The van der Waals surface area contributed by atoms with Gasteiger partial charge in [-0.2, -0.15) is 13.2 Å². The van der Waals surface area contributed by atoms with Crippen LogP contribution in [0.1, 0.15) is 21.5 Å². The molecule has 2 aromatic rings. The maximum absolute atomic E-state index is 12.6. The maximum Gasteiger partial charge on any atom is 0.501 e. The van der Waals surface area contributed by atoms with E-state index in [9.17, 15) is 31.5 Å². The summed E-state index contributed by atoms with van der Waals surface area (Å²) < 4.78 is 60.7. The molecule has 134 valence electrons. The lowest BCUT2D eigenvalue weighted by atomic mass is 10.2. The third kappa shape index (κ3) is 4.35. The Morgan fingerprint density at radius 1 is 1.16 bits per heavy atom. The van der Waals surface area contributed by atoms with Gasteiger partial charge in [-0.1, -0.05) is 29.8 Å². The molecule has 9 heteroatoms. The highest BCUT2D eigenvalue weighted by atomic mass is 32.2. The molecule has 0 aromatic heterocycles. The molecule has 2 aromatic carbocycles. The van der Waals surface area contributed by atoms with Crippen molar-refractivity contribution >= 4 is 27.6 Å². The largest absolute Gasteiger partial charge is 0.501 e. The third-order valence-electron chi connectivity index (χ3n) is 3.27. The van der Waals surface area contributed by atoms with E-state index in [4.69, 9.17) is 0 Å². The van der Waals surface area contributed by atoms with Gasteiger partial charge >= 0.3 is 11.5 Å². The van der Waals surface area contributed by atoms with Crippen molar-refractivity contribution in [3.63, 3.8) is 0 Å². The Hall–Kier alpha value is -2.00. The number of sulfone groups is 1. The molecule has 0 radical (unpaired) electrons. The zero-order valence-electron chi connectivity index (χ0n) is 12.9. The highest BCUT2D eigenvalue weighted by Crippen LogP contribution is 2.34. The Balaban J connectivity index is 2.36. The Morgan fingerprint density at radius 2 is 1.84 bits per heavy atom. The van der Waals surface area contributed by atoms with Crippen molar-refractivity contribution in [2.45, 2.75) is 28.0 Å². The molecule has 2 rings (SSSR count). The number of thioether (sulfide) groups is 1. The van der Waals surface area contributed by atoms with Gasteiger partial charge in [0.15, 0.2) is 0 Å². The Labute approximate surface area is 146 Å². The topological polar surface area (TPSA) is 71.4 Å². The zero-order valence-corrected chi connectivity index (χ0v) is 14.5. The quantitative estimate of drug-likeness (QED) is 0.772. The predicted molar refractivity (Wildman–Crippen MR) is 87.4 cm³/mol. The van der Waals surface area contributed by atoms with Crippen molar-refractivity contribution in [2.75, 3.05) is 0 Å². The first-order valence-corrected chi connectivity index (χ1v) is 9.36. The Kier molecular flexibility index (Phi) is 5.48. The SMILES string of the molecule is Cc1cccc(CSc2ccc(S(=O)(=O)C(F)(F)F)cc2C(=O)O)c1. The van der Waals surface area contributed by atoms with Gasteiger partial charge in [-0.05, 0) is 30.7 Å². The van der Waals surface area contributed by atoms with E-state index in [1.54, 1.807) is 0 Å². The van der Waals surface area contributed by atoms with Crippen molar-refractivity contribution in [3.8, 4) is 0 Å². The average Bonchev–Trinajstić information content (AvgIpc) is 2.51. The number of carbonyl (C=O) groups is 1. The molecule has 0 heterocycles. The van der Waals surface area contributed by atoms with Crippen molar-refractivity contribution in [3.05, 3.63) is 59.2 Å². The number of alkyl halides is 3. The monoisotopic (exact) mass is 390 g/mol. The molecule has 0 aliphatic heterocycles. The van der Waals surface area contributed by atoms with Gasteiger partial charge in [0.2, 0.25) is 0 Å². The predicted octanol–water partition coefficient (Wildman–Crippen LogP) is 4.28. The van der Waals surface area contributed by atoms with E-state index >= 15 is 0 Å². The first-order chi connectivity index (χ1) is 11.5. The van der Waals surface area contributed by atoms with Crippen LogP contribution in [0.3, 0.4) is 0 Å². The van der Waals surface area contributed by atoms with Gasteiger partial charge in [0.25, 0.3) is 9.84 Å². The van der Waals surface area contributed by atoms with Crippen molar-refractivity contribution in [1.82, 2.24) is 0 Å². The molecular weight excluding hydrogens is 377 g/mol. The smallest absolute Gasteiger partial charge is 0.478 e. The summed E-state index contributed by atoms with van der Waals surface area (Å²) in [5, 5.41) is 9.21. The minimum Gasteiger partial charge on any atom is -0.478 e. The molecule has 0 aliphatic rings. The van der Waals surface area contributed by atoms with Crippen molar-refractivity contribution < 1.29 is 31.5 Å². The molecule has 0 aliphatic carbocycles. The summed E-state index contributed by atoms with van der Waals surface area (Å²) in [4.78, 5) is 10.4. The van der Waals surface area contributed by atoms with Crippen LogP contribution in [0.15, 0.2) is 52.3 Å². The van der Waals surface area contributed by atoms with E-state index in [1.165, 1.54) is 0 Å². The fourth-order valence-corrected chi connectivity index (χ4v) is 3.82. The van der Waals surface area contributed by atoms with Gasteiger partial charge < -0.3 is 5.11 Å². The highest BCUT2D eigenvalue weighted by Gasteiger charge is 2.47. The second-order valence-electron chi connectivity index (χ2n) is 5.19. The van der Waals surface area contributed by atoms with E-state index in [-0.39, 0.29) is 4.90 Å². The fraction of sp³-hybridized carbons (Fsp3) is 0.188. The second kappa shape index (κ2) is 7.09. The summed E-state index contributed by atoms with van der Waals surface area (Å²) in [5.74, 6) is -1.10. The standard InChI is InChI=1S/C16H13F3O4S2/c1-10-3-2-4-11(7-10)9-24-14-6-5-12(8-13(14)15(20)21)25(22,23)16(17,18)19/h2-8H,9H2,1H3,(H,20,21). The van der Waals surface area contributed by atoms with E-state index in [1.807, 2.05) is 31.2 Å². The summed E-state index contributed by atoms with van der Waals surface area (Å²) in [6.07, 6.45) is 0. The van der Waals surface area contributed by atoms with Crippen molar-refractivity contribution in [1.29, 1.82) is 0 Å². The molecule has 4 nitrogen and oxygen atoms in total.